The second-order valence-corrected chi connectivity index (χ2v) is 10.7. The molecular formula is C32H33N. The van der Waals surface area contributed by atoms with E-state index >= 15 is 0 Å². The lowest BCUT2D eigenvalue weighted by atomic mass is 9.82. The van der Waals surface area contributed by atoms with Crippen molar-refractivity contribution < 1.29 is 0 Å². The summed E-state index contributed by atoms with van der Waals surface area (Å²) in [5.74, 6) is 0. The molecule has 0 spiro atoms. The van der Waals surface area contributed by atoms with Gasteiger partial charge < -0.3 is 4.90 Å². The number of benzene rings is 4. The van der Waals surface area contributed by atoms with Crippen LogP contribution in [0.2, 0.25) is 0 Å². The van der Waals surface area contributed by atoms with Crippen LogP contribution in [-0.2, 0) is 5.41 Å². The molecule has 0 saturated carbocycles. The van der Waals surface area contributed by atoms with Crippen molar-refractivity contribution in [3.8, 4) is 22.3 Å². The first-order valence-electron chi connectivity index (χ1n) is 11.9. The smallest absolute Gasteiger partial charge is 0.0528 e. The van der Waals surface area contributed by atoms with Crippen LogP contribution in [0.15, 0.2) is 91.0 Å². The predicted octanol–water partition coefficient (Wildman–Crippen LogP) is 8.90. The Balaban J connectivity index is 1.78. The van der Waals surface area contributed by atoms with Crippen molar-refractivity contribution in [3.05, 3.63) is 108 Å². The SMILES string of the molecule is Cc1ccc2c(c1N(c1cccc(-c3ccccc3)c1)C(C)(C)C)-c1ccccc1C2(C)C. The minimum absolute atomic E-state index is 0.0101. The van der Waals surface area contributed by atoms with Gasteiger partial charge in [0.1, 0.15) is 0 Å². The lowest BCUT2D eigenvalue weighted by molar-refractivity contribution is 0.559. The molecule has 5 rings (SSSR count). The molecule has 0 radical (unpaired) electrons. The third-order valence-corrected chi connectivity index (χ3v) is 7.03. The fraction of sp³-hybridized carbons (Fsp3) is 0.250. The van der Waals surface area contributed by atoms with Gasteiger partial charge in [-0.25, -0.2) is 0 Å². The van der Waals surface area contributed by atoms with E-state index in [-0.39, 0.29) is 11.0 Å². The van der Waals surface area contributed by atoms with E-state index in [1.54, 1.807) is 0 Å². The molecule has 33 heavy (non-hydrogen) atoms. The van der Waals surface area contributed by atoms with Crippen LogP contribution in [0, 0.1) is 6.92 Å². The largest absolute Gasteiger partial charge is 0.335 e. The van der Waals surface area contributed by atoms with Crippen LogP contribution in [0.5, 0.6) is 0 Å². The van der Waals surface area contributed by atoms with Gasteiger partial charge in [0.2, 0.25) is 0 Å². The maximum atomic E-state index is 2.55. The Kier molecular flexibility index (Phi) is 4.97. The summed E-state index contributed by atoms with van der Waals surface area (Å²) in [7, 11) is 0. The summed E-state index contributed by atoms with van der Waals surface area (Å²) in [4.78, 5) is 2.55. The maximum Gasteiger partial charge on any atom is 0.0528 e. The van der Waals surface area contributed by atoms with E-state index in [0.29, 0.717) is 0 Å². The molecule has 0 heterocycles. The Hall–Kier alpha value is -3.32. The number of fused-ring (bicyclic) bond motifs is 3. The fourth-order valence-corrected chi connectivity index (χ4v) is 5.48. The normalized spacial score (nSPS) is 14.0. The average molecular weight is 432 g/mol. The highest BCUT2D eigenvalue weighted by Crippen LogP contribution is 2.54. The Morgan fingerprint density at radius 3 is 2.06 bits per heavy atom. The molecule has 1 aliphatic rings. The molecule has 0 unspecified atom stereocenters. The zero-order valence-electron chi connectivity index (χ0n) is 20.6. The van der Waals surface area contributed by atoms with Crippen molar-refractivity contribution in [2.24, 2.45) is 0 Å². The van der Waals surface area contributed by atoms with E-state index in [1.165, 1.54) is 50.3 Å². The minimum Gasteiger partial charge on any atom is -0.335 e. The Bertz CT molecular complexity index is 1320. The van der Waals surface area contributed by atoms with Gasteiger partial charge in [-0.3, -0.25) is 0 Å². The molecule has 0 aromatic heterocycles. The number of hydrogen-bond acceptors (Lipinski definition) is 1. The van der Waals surface area contributed by atoms with Crippen LogP contribution in [-0.4, -0.2) is 5.54 Å². The second kappa shape index (κ2) is 7.63. The highest BCUT2D eigenvalue weighted by atomic mass is 15.2. The molecule has 1 aliphatic carbocycles. The van der Waals surface area contributed by atoms with Gasteiger partial charge in [-0.05, 0) is 73.2 Å². The van der Waals surface area contributed by atoms with Crippen molar-refractivity contribution in [2.45, 2.75) is 52.5 Å². The highest BCUT2D eigenvalue weighted by Gasteiger charge is 2.39. The van der Waals surface area contributed by atoms with Gasteiger partial charge in [-0.1, -0.05) is 92.7 Å². The van der Waals surface area contributed by atoms with Gasteiger partial charge in [0.05, 0.1) is 5.69 Å². The molecule has 0 bridgehead atoms. The molecule has 0 N–H and O–H groups in total. The van der Waals surface area contributed by atoms with Gasteiger partial charge in [0.25, 0.3) is 0 Å². The Labute approximate surface area is 198 Å². The molecule has 0 atom stereocenters. The first kappa shape index (κ1) is 21.5. The van der Waals surface area contributed by atoms with Crippen molar-refractivity contribution in [1.82, 2.24) is 0 Å². The van der Waals surface area contributed by atoms with E-state index in [9.17, 15) is 0 Å². The van der Waals surface area contributed by atoms with Gasteiger partial charge in [-0.2, -0.15) is 0 Å². The number of nitrogens with zero attached hydrogens (tertiary/aromatic N) is 1. The molecular weight excluding hydrogens is 398 g/mol. The van der Waals surface area contributed by atoms with Crippen LogP contribution in [0.1, 0.15) is 51.3 Å². The van der Waals surface area contributed by atoms with E-state index in [4.69, 9.17) is 0 Å². The molecule has 0 amide bonds. The fourth-order valence-electron chi connectivity index (χ4n) is 5.48. The van der Waals surface area contributed by atoms with Gasteiger partial charge in [0, 0.05) is 22.2 Å². The van der Waals surface area contributed by atoms with Crippen LogP contribution >= 0.6 is 0 Å². The summed E-state index contributed by atoms with van der Waals surface area (Å²) in [6.07, 6.45) is 0. The van der Waals surface area contributed by atoms with Crippen LogP contribution in [0.3, 0.4) is 0 Å². The topological polar surface area (TPSA) is 3.24 Å². The first-order chi connectivity index (χ1) is 15.7. The minimum atomic E-state index is -0.100. The Morgan fingerprint density at radius 2 is 1.33 bits per heavy atom. The second-order valence-electron chi connectivity index (χ2n) is 10.7. The summed E-state index contributed by atoms with van der Waals surface area (Å²) in [6.45, 7) is 13.9. The molecule has 4 aromatic carbocycles. The molecule has 4 aromatic rings. The summed E-state index contributed by atoms with van der Waals surface area (Å²) < 4.78 is 0. The van der Waals surface area contributed by atoms with Crippen molar-refractivity contribution in [3.63, 3.8) is 0 Å². The molecule has 0 aliphatic heterocycles. The van der Waals surface area contributed by atoms with Crippen molar-refractivity contribution in [1.29, 1.82) is 0 Å². The van der Waals surface area contributed by atoms with Crippen LogP contribution < -0.4 is 4.90 Å². The Morgan fingerprint density at radius 1 is 0.667 bits per heavy atom. The van der Waals surface area contributed by atoms with E-state index < -0.39 is 0 Å². The molecule has 1 heteroatoms. The molecule has 0 saturated heterocycles. The standard InChI is InChI=1S/C32H33N/c1-22-19-20-28-29(26-17-10-11-18-27(26)32(28,5)6)30(22)33(31(2,3)4)25-16-12-15-24(21-25)23-13-8-7-9-14-23/h7-21H,1-6H3. The number of anilines is 2. The number of hydrogen-bond donors (Lipinski definition) is 0. The third-order valence-electron chi connectivity index (χ3n) is 7.03. The summed E-state index contributed by atoms with van der Waals surface area (Å²) in [5, 5.41) is 0. The molecule has 0 fully saturated rings. The lowest BCUT2D eigenvalue weighted by Gasteiger charge is -2.40. The van der Waals surface area contributed by atoms with Crippen LogP contribution in [0.25, 0.3) is 22.3 Å². The lowest BCUT2D eigenvalue weighted by Crippen LogP contribution is -2.38. The molecule has 166 valence electrons. The van der Waals surface area contributed by atoms with Crippen molar-refractivity contribution >= 4 is 11.4 Å². The quantitative estimate of drug-likeness (QED) is 0.313. The van der Waals surface area contributed by atoms with Crippen LogP contribution in [0.4, 0.5) is 11.4 Å². The van der Waals surface area contributed by atoms with Gasteiger partial charge in [-0.15, -0.1) is 0 Å². The maximum absolute atomic E-state index is 2.55. The van der Waals surface area contributed by atoms with E-state index in [0.717, 1.165) is 0 Å². The monoisotopic (exact) mass is 431 g/mol. The molecule has 1 nitrogen and oxygen atoms in total. The van der Waals surface area contributed by atoms with E-state index in [2.05, 4.69) is 137 Å². The van der Waals surface area contributed by atoms with Crippen molar-refractivity contribution in [2.75, 3.05) is 4.90 Å². The van der Waals surface area contributed by atoms with E-state index in [1.807, 2.05) is 0 Å². The number of rotatable bonds is 3. The zero-order chi connectivity index (χ0) is 23.4. The third kappa shape index (κ3) is 3.47. The van der Waals surface area contributed by atoms with Gasteiger partial charge in [0.15, 0.2) is 0 Å². The highest BCUT2D eigenvalue weighted by molar-refractivity contribution is 5.94. The summed E-state index contributed by atoms with van der Waals surface area (Å²) in [5.41, 5.74) is 11.8. The van der Waals surface area contributed by atoms with Gasteiger partial charge >= 0.3 is 0 Å². The summed E-state index contributed by atoms with van der Waals surface area (Å²) in [6, 6.07) is 33.2. The predicted molar refractivity (Wildman–Crippen MR) is 143 cm³/mol. The average Bonchev–Trinajstić information content (AvgIpc) is 3.03. The zero-order valence-corrected chi connectivity index (χ0v) is 20.6. The first-order valence-corrected chi connectivity index (χ1v) is 11.9. The number of aryl methyl sites for hydroxylation is 1. The summed E-state index contributed by atoms with van der Waals surface area (Å²) >= 11 is 0.